The number of nitrogens with one attached hydrogen (secondary N) is 1. The van der Waals surface area contributed by atoms with Crippen molar-refractivity contribution < 1.29 is 18.0 Å². The highest BCUT2D eigenvalue weighted by atomic mass is 35.5. The molecule has 7 heteroatoms. The van der Waals surface area contributed by atoms with Crippen molar-refractivity contribution in [2.75, 3.05) is 13.6 Å². The van der Waals surface area contributed by atoms with E-state index in [2.05, 4.69) is 5.32 Å². The molecule has 0 aromatic heterocycles. The topological polar surface area (TPSA) is 32.3 Å². The van der Waals surface area contributed by atoms with Gasteiger partial charge in [0.15, 0.2) is 0 Å². The Bertz CT molecular complexity index is 561. The van der Waals surface area contributed by atoms with Crippen LogP contribution in [0.15, 0.2) is 24.3 Å². The highest BCUT2D eigenvalue weighted by Gasteiger charge is 2.38. The summed E-state index contributed by atoms with van der Waals surface area (Å²) >= 11 is 0. The number of benzene rings is 1. The fraction of sp³-hybridized carbons (Fsp3) is 0.588. The molecule has 0 heterocycles. The van der Waals surface area contributed by atoms with Crippen LogP contribution < -0.4 is 5.32 Å². The van der Waals surface area contributed by atoms with Crippen molar-refractivity contribution in [2.24, 2.45) is 5.92 Å². The fourth-order valence-electron chi connectivity index (χ4n) is 2.82. The van der Waals surface area contributed by atoms with Gasteiger partial charge in [0.2, 0.25) is 5.91 Å². The molecule has 1 aliphatic carbocycles. The first kappa shape index (κ1) is 20.8. The van der Waals surface area contributed by atoms with Gasteiger partial charge in [0, 0.05) is 18.5 Å². The SMILES string of the molecule is CNCC(C)C(=O)N(C1CC1)C(C)c1cccc(C(F)(F)F)c1.Cl. The molecule has 1 N–H and O–H groups in total. The first-order valence-electron chi connectivity index (χ1n) is 7.89. The Morgan fingerprint density at radius 1 is 1.33 bits per heavy atom. The van der Waals surface area contributed by atoms with Gasteiger partial charge in [0.05, 0.1) is 11.6 Å². The van der Waals surface area contributed by atoms with E-state index in [1.54, 1.807) is 24.9 Å². The normalized spacial score (nSPS) is 16.9. The maximum Gasteiger partial charge on any atom is 0.416 e. The average Bonchev–Trinajstić information content (AvgIpc) is 3.31. The zero-order valence-corrected chi connectivity index (χ0v) is 14.9. The van der Waals surface area contributed by atoms with E-state index in [9.17, 15) is 18.0 Å². The third-order valence-electron chi connectivity index (χ3n) is 4.24. The molecule has 0 spiro atoms. The lowest BCUT2D eigenvalue weighted by Crippen LogP contribution is -2.41. The standard InChI is InChI=1S/C17H23F3N2O.ClH/c1-11(10-21-3)16(23)22(15-7-8-15)12(2)13-5-4-6-14(9-13)17(18,19)20;/h4-6,9,11-12,15,21H,7-8,10H2,1-3H3;1H. The zero-order valence-electron chi connectivity index (χ0n) is 14.1. The van der Waals surface area contributed by atoms with Crippen molar-refractivity contribution >= 4 is 18.3 Å². The van der Waals surface area contributed by atoms with Crippen molar-refractivity contribution in [1.29, 1.82) is 0 Å². The molecule has 2 rings (SSSR count). The molecule has 1 amide bonds. The Hall–Kier alpha value is -1.27. The van der Waals surface area contributed by atoms with E-state index in [-0.39, 0.29) is 36.3 Å². The van der Waals surface area contributed by atoms with Crippen LogP contribution in [0.4, 0.5) is 13.2 Å². The monoisotopic (exact) mass is 364 g/mol. The summed E-state index contributed by atoms with van der Waals surface area (Å²) in [5.41, 5.74) is -0.148. The van der Waals surface area contributed by atoms with Crippen LogP contribution in [0.3, 0.4) is 0 Å². The molecule has 1 fully saturated rings. The Morgan fingerprint density at radius 2 is 1.96 bits per heavy atom. The third kappa shape index (κ3) is 4.86. The molecular formula is C17H24ClF3N2O. The van der Waals surface area contributed by atoms with Crippen molar-refractivity contribution in [3.8, 4) is 0 Å². The van der Waals surface area contributed by atoms with Crippen molar-refractivity contribution in [3.63, 3.8) is 0 Å². The van der Waals surface area contributed by atoms with Gasteiger partial charge in [-0.15, -0.1) is 12.4 Å². The van der Waals surface area contributed by atoms with E-state index in [0.717, 1.165) is 25.0 Å². The second-order valence-corrected chi connectivity index (χ2v) is 6.23. The lowest BCUT2D eigenvalue weighted by Gasteiger charge is -2.32. The van der Waals surface area contributed by atoms with Crippen molar-refractivity contribution in [2.45, 2.75) is 44.9 Å². The van der Waals surface area contributed by atoms with Crippen LogP contribution in [-0.2, 0) is 11.0 Å². The molecule has 0 aliphatic heterocycles. The molecule has 0 bridgehead atoms. The number of alkyl halides is 3. The average molecular weight is 365 g/mol. The zero-order chi connectivity index (χ0) is 17.2. The molecule has 1 saturated carbocycles. The Balaban J connectivity index is 0.00000288. The Labute approximate surface area is 147 Å². The first-order chi connectivity index (χ1) is 10.8. The molecule has 136 valence electrons. The van der Waals surface area contributed by atoms with Gasteiger partial charge in [-0.25, -0.2) is 0 Å². The second-order valence-electron chi connectivity index (χ2n) is 6.23. The minimum absolute atomic E-state index is 0. The van der Waals surface area contributed by atoms with Crippen LogP contribution in [0.5, 0.6) is 0 Å². The van der Waals surface area contributed by atoms with Crippen molar-refractivity contribution in [1.82, 2.24) is 10.2 Å². The second kappa shape index (κ2) is 8.21. The maximum atomic E-state index is 12.9. The summed E-state index contributed by atoms with van der Waals surface area (Å²) in [5, 5.41) is 2.97. The third-order valence-corrected chi connectivity index (χ3v) is 4.24. The van der Waals surface area contributed by atoms with Crippen LogP contribution in [-0.4, -0.2) is 30.4 Å². The van der Waals surface area contributed by atoms with Gasteiger partial charge < -0.3 is 10.2 Å². The number of nitrogens with zero attached hydrogens (tertiary/aromatic N) is 1. The summed E-state index contributed by atoms with van der Waals surface area (Å²) in [7, 11) is 1.78. The highest BCUT2D eigenvalue weighted by Crippen LogP contribution is 2.37. The van der Waals surface area contributed by atoms with Crippen LogP contribution in [0.2, 0.25) is 0 Å². The molecule has 0 radical (unpaired) electrons. The van der Waals surface area contributed by atoms with E-state index >= 15 is 0 Å². The van der Waals surface area contributed by atoms with Crippen LogP contribution in [0, 0.1) is 5.92 Å². The summed E-state index contributed by atoms with van der Waals surface area (Å²) in [5.74, 6) is -0.208. The number of carbonyl (C=O) groups excluding carboxylic acids is 1. The molecule has 1 aromatic rings. The lowest BCUT2D eigenvalue weighted by molar-refractivity contribution is -0.137. The quantitative estimate of drug-likeness (QED) is 0.826. The molecule has 0 saturated heterocycles. The van der Waals surface area contributed by atoms with Gasteiger partial charge in [0.1, 0.15) is 0 Å². The number of halogens is 4. The Kier molecular flexibility index (Phi) is 7.10. The molecular weight excluding hydrogens is 341 g/mol. The summed E-state index contributed by atoms with van der Waals surface area (Å²) < 4.78 is 38.7. The van der Waals surface area contributed by atoms with Gasteiger partial charge in [0.25, 0.3) is 0 Å². The minimum atomic E-state index is -4.37. The summed E-state index contributed by atoms with van der Waals surface area (Å²) in [4.78, 5) is 14.4. The Morgan fingerprint density at radius 3 is 2.46 bits per heavy atom. The fourth-order valence-corrected chi connectivity index (χ4v) is 2.82. The highest BCUT2D eigenvalue weighted by molar-refractivity contribution is 5.85. The summed E-state index contributed by atoms with van der Waals surface area (Å²) in [6.07, 6.45) is -2.54. The molecule has 24 heavy (non-hydrogen) atoms. The molecule has 1 aliphatic rings. The van der Waals surface area contributed by atoms with Crippen LogP contribution >= 0.6 is 12.4 Å². The van der Waals surface area contributed by atoms with Gasteiger partial charge in [-0.2, -0.15) is 13.2 Å². The van der Waals surface area contributed by atoms with E-state index < -0.39 is 11.7 Å². The number of hydrogen-bond donors (Lipinski definition) is 1. The largest absolute Gasteiger partial charge is 0.416 e. The van der Waals surface area contributed by atoms with Gasteiger partial charge >= 0.3 is 6.18 Å². The molecule has 2 atom stereocenters. The summed E-state index contributed by atoms with van der Waals surface area (Å²) in [6.45, 7) is 4.20. The van der Waals surface area contributed by atoms with Crippen molar-refractivity contribution in [3.05, 3.63) is 35.4 Å². The van der Waals surface area contributed by atoms with Crippen LogP contribution in [0.1, 0.15) is 43.9 Å². The van der Waals surface area contributed by atoms with E-state index in [1.165, 1.54) is 6.07 Å². The number of rotatable bonds is 6. The lowest BCUT2D eigenvalue weighted by atomic mass is 10.0. The number of hydrogen-bond acceptors (Lipinski definition) is 2. The maximum absolute atomic E-state index is 12.9. The number of carbonyl (C=O) groups is 1. The molecule has 3 nitrogen and oxygen atoms in total. The van der Waals surface area contributed by atoms with Crippen LogP contribution in [0.25, 0.3) is 0 Å². The predicted octanol–water partition coefficient (Wildman–Crippen LogP) is 4.03. The molecule has 2 unspecified atom stereocenters. The van der Waals surface area contributed by atoms with E-state index in [1.807, 2.05) is 6.92 Å². The van der Waals surface area contributed by atoms with E-state index in [4.69, 9.17) is 0 Å². The van der Waals surface area contributed by atoms with Gasteiger partial charge in [-0.3, -0.25) is 4.79 Å². The van der Waals surface area contributed by atoms with E-state index in [0.29, 0.717) is 12.1 Å². The first-order valence-corrected chi connectivity index (χ1v) is 7.89. The smallest absolute Gasteiger partial charge is 0.333 e. The summed E-state index contributed by atoms with van der Waals surface area (Å²) in [6, 6.07) is 5.05. The van der Waals surface area contributed by atoms with Gasteiger partial charge in [-0.05, 0) is 44.5 Å². The predicted molar refractivity (Wildman–Crippen MR) is 90.1 cm³/mol. The van der Waals surface area contributed by atoms with Gasteiger partial charge in [-0.1, -0.05) is 19.1 Å². The number of amides is 1. The minimum Gasteiger partial charge on any atom is -0.333 e. The molecule has 1 aromatic carbocycles.